The van der Waals surface area contributed by atoms with E-state index in [4.69, 9.17) is 9.47 Å². The average Bonchev–Trinajstić information content (AvgIpc) is 2.61. The van der Waals surface area contributed by atoms with Crippen molar-refractivity contribution < 1.29 is 24.2 Å². The van der Waals surface area contributed by atoms with Crippen molar-refractivity contribution in [2.75, 3.05) is 13.7 Å². The number of phenols is 1. The summed E-state index contributed by atoms with van der Waals surface area (Å²) in [6.45, 7) is 1.47. The van der Waals surface area contributed by atoms with Gasteiger partial charge in [0.1, 0.15) is 11.5 Å². The smallest absolute Gasteiger partial charge is 0.331 e. The Bertz CT molecular complexity index is 775. The van der Waals surface area contributed by atoms with Crippen molar-refractivity contribution in [2.24, 2.45) is 0 Å². The third kappa shape index (κ3) is 5.80. The lowest BCUT2D eigenvalue weighted by Gasteiger charge is -2.04. The summed E-state index contributed by atoms with van der Waals surface area (Å²) in [5.74, 6) is 0.0440. The van der Waals surface area contributed by atoms with Gasteiger partial charge in [-0.05, 0) is 47.9 Å². The Morgan fingerprint density at radius 3 is 2.48 bits per heavy atom. The van der Waals surface area contributed by atoms with Gasteiger partial charge in [-0.25, -0.2) is 4.79 Å². The number of phenolic OH excluding ortho intramolecular Hbond substituents is 1. The van der Waals surface area contributed by atoms with E-state index < -0.39 is 5.97 Å². The molecule has 1 N–H and O–H groups in total. The van der Waals surface area contributed by atoms with E-state index in [-0.39, 0.29) is 24.6 Å². The predicted molar refractivity (Wildman–Crippen MR) is 94.5 cm³/mol. The van der Waals surface area contributed by atoms with Gasteiger partial charge in [0.15, 0.2) is 12.4 Å². The summed E-state index contributed by atoms with van der Waals surface area (Å²) in [7, 11) is 1.58. The topological polar surface area (TPSA) is 72.8 Å². The van der Waals surface area contributed by atoms with Crippen molar-refractivity contribution in [3.05, 3.63) is 65.2 Å². The van der Waals surface area contributed by atoms with E-state index in [2.05, 4.69) is 0 Å². The van der Waals surface area contributed by atoms with Gasteiger partial charge in [-0.15, -0.1) is 0 Å². The number of methoxy groups -OCH3 is 1. The average molecular weight is 340 g/mol. The predicted octanol–water partition coefficient (Wildman–Crippen LogP) is 3.08. The molecule has 0 aliphatic rings. The van der Waals surface area contributed by atoms with Crippen LogP contribution in [-0.4, -0.2) is 30.6 Å². The van der Waals surface area contributed by atoms with E-state index >= 15 is 0 Å². The number of ether oxygens (including phenoxy) is 2. The maximum atomic E-state index is 11.9. The molecule has 0 aromatic heterocycles. The molecule has 0 aliphatic heterocycles. The zero-order chi connectivity index (χ0) is 18.2. The summed E-state index contributed by atoms with van der Waals surface area (Å²) in [6, 6.07) is 12.2. The number of aromatic hydroxyl groups is 1. The highest BCUT2D eigenvalue weighted by Crippen LogP contribution is 2.18. The molecule has 5 nitrogen and oxygen atoms in total. The number of hydrogen-bond acceptors (Lipinski definition) is 5. The van der Waals surface area contributed by atoms with Gasteiger partial charge < -0.3 is 14.6 Å². The first-order valence-corrected chi connectivity index (χ1v) is 7.77. The maximum absolute atomic E-state index is 11.9. The fraction of sp³-hybridized carbons (Fsp3) is 0.200. The summed E-state index contributed by atoms with van der Waals surface area (Å²) in [5.41, 5.74) is 2.24. The van der Waals surface area contributed by atoms with E-state index in [1.54, 1.807) is 62.6 Å². The number of aryl methyl sites for hydroxylation is 1. The molecule has 0 unspecified atom stereocenters. The molecule has 0 radical (unpaired) electrons. The molecule has 0 aliphatic carbocycles. The second kappa shape index (κ2) is 8.68. The fourth-order valence-corrected chi connectivity index (χ4v) is 2.12. The maximum Gasteiger partial charge on any atom is 0.331 e. The van der Waals surface area contributed by atoms with Crippen molar-refractivity contribution in [2.45, 2.75) is 13.3 Å². The van der Waals surface area contributed by atoms with Gasteiger partial charge in [-0.2, -0.15) is 0 Å². The molecule has 0 atom stereocenters. The van der Waals surface area contributed by atoms with E-state index in [1.165, 1.54) is 6.08 Å². The minimum absolute atomic E-state index is 0.101. The Balaban J connectivity index is 1.81. The Hall–Kier alpha value is -3.08. The Kier molecular flexibility index (Phi) is 6.34. The van der Waals surface area contributed by atoms with E-state index in [9.17, 15) is 14.7 Å². The van der Waals surface area contributed by atoms with Crippen molar-refractivity contribution in [1.29, 1.82) is 0 Å². The van der Waals surface area contributed by atoms with Crippen molar-refractivity contribution in [3.8, 4) is 11.5 Å². The van der Waals surface area contributed by atoms with Gasteiger partial charge in [0.2, 0.25) is 0 Å². The van der Waals surface area contributed by atoms with E-state index in [0.29, 0.717) is 5.56 Å². The quantitative estimate of drug-likeness (QED) is 0.619. The van der Waals surface area contributed by atoms with Crippen LogP contribution in [0.15, 0.2) is 48.5 Å². The molecule has 130 valence electrons. The van der Waals surface area contributed by atoms with E-state index in [1.807, 2.05) is 0 Å². The Labute approximate surface area is 146 Å². The summed E-state index contributed by atoms with van der Waals surface area (Å²) in [5, 5.41) is 9.63. The van der Waals surface area contributed by atoms with Crippen LogP contribution in [0.4, 0.5) is 0 Å². The van der Waals surface area contributed by atoms with Gasteiger partial charge in [0.05, 0.1) is 7.11 Å². The van der Waals surface area contributed by atoms with Crippen LogP contribution >= 0.6 is 0 Å². The second-order valence-corrected chi connectivity index (χ2v) is 5.55. The number of hydrogen-bond donors (Lipinski definition) is 1. The van der Waals surface area contributed by atoms with Crippen molar-refractivity contribution in [1.82, 2.24) is 0 Å². The standard InChI is InChI=1S/C20H20O5/c1-14-3-4-16(12-19(14)22)11-17(21)13-25-20(23)10-7-15-5-8-18(24-2)9-6-15/h3-10,12,22H,11,13H2,1-2H3/b10-7+. The molecule has 2 aromatic rings. The minimum Gasteiger partial charge on any atom is -0.508 e. The first-order valence-electron chi connectivity index (χ1n) is 7.77. The van der Waals surface area contributed by atoms with Crippen LogP contribution < -0.4 is 4.74 Å². The highest BCUT2D eigenvalue weighted by atomic mass is 16.5. The van der Waals surface area contributed by atoms with Crippen LogP contribution in [-0.2, 0) is 20.7 Å². The summed E-state index contributed by atoms with van der Waals surface area (Å²) < 4.78 is 9.99. The first-order chi connectivity index (χ1) is 12.0. The van der Waals surface area contributed by atoms with Crippen LogP contribution in [0.1, 0.15) is 16.7 Å². The van der Waals surface area contributed by atoms with Crippen LogP contribution in [0.2, 0.25) is 0 Å². The van der Waals surface area contributed by atoms with Crippen LogP contribution in [0.3, 0.4) is 0 Å². The highest BCUT2D eigenvalue weighted by molar-refractivity contribution is 5.90. The summed E-state index contributed by atoms with van der Waals surface area (Å²) in [6.07, 6.45) is 2.97. The number of rotatable bonds is 7. The molecule has 0 saturated heterocycles. The summed E-state index contributed by atoms with van der Waals surface area (Å²) in [4.78, 5) is 23.5. The minimum atomic E-state index is -0.587. The molecule has 0 bridgehead atoms. The third-order valence-electron chi connectivity index (χ3n) is 3.58. The normalized spacial score (nSPS) is 10.6. The molecule has 0 amide bonds. The lowest BCUT2D eigenvalue weighted by molar-refractivity contribution is -0.142. The SMILES string of the molecule is COc1ccc(/C=C/C(=O)OCC(=O)Cc2ccc(C)c(O)c2)cc1. The largest absolute Gasteiger partial charge is 0.508 e. The Morgan fingerprint density at radius 2 is 1.84 bits per heavy atom. The molecular formula is C20H20O5. The molecule has 2 aromatic carbocycles. The molecule has 0 spiro atoms. The van der Waals surface area contributed by atoms with E-state index in [0.717, 1.165) is 16.9 Å². The zero-order valence-corrected chi connectivity index (χ0v) is 14.2. The van der Waals surface area contributed by atoms with Gasteiger partial charge in [0, 0.05) is 12.5 Å². The lowest BCUT2D eigenvalue weighted by Crippen LogP contribution is -2.14. The Morgan fingerprint density at radius 1 is 1.12 bits per heavy atom. The van der Waals surface area contributed by atoms with Gasteiger partial charge in [-0.1, -0.05) is 24.3 Å². The number of Topliss-reactive ketones (excluding diaryl/α,β-unsaturated/α-hetero) is 1. The number of esters is 1. The first kappa shape index (κ1) is 18.3. The molecule has 0 saturated carbocycles. The summed E-state index contributed by atoms with van der Waals surface area (Å²) >= 11 is 0. The van der Waals surface area contributed by atoms with Crippen LogP contribution in [0, 0.1) is 6.92 Å². The number of ketones is 1. The molecular weight excluding hydrogens is 320 g/mol. The van der Waals surface area contributed by atoms with Crippen LogP contribution in [0.25, 0.3) is 6.08 Å². The number of carbonyl (C=O) groups is 2. The number of carbonyl (C=O) groups excluding carboxylic acids is 2. The zero-order valence-electron chi connectivity index (χ0n) is 14.2. The molecule has 0 heterocycles. The number of benzene rings is 2. The third-order valence-corrected chi connectivity index (χ3v) is 3.58. The van der Waals surface area contributed by atoms with Crippen LogP contribution in [0.5, 0.6) is 11.5 Å². The molecule has 2 rings (SSSR count). The molecule has 25 heavy (non-hydrogen) atoms. The van der Waals surface area contributed by atoms with Crippen molar-refractivity contribution in [3.63, 3.8) is 0 Å². The highest BCUT2D eigenvalue weighted by Gasteiger charge is 2.08. The second-order valence-electron chi connectivity index (χ2n) is 5.55. The monoisotopic (exact) mass is 340 g/mol. The van der Waals surface area contributed by atoms with Crippen molar-refractivity contribution >= 4 is 17.8 Å². The molecule has 5 heteroatoms. The van der Waals surface area contributed by atoms with Gasteiger partial charge in [0.25, 0.3) is 0 Å². The lowest BCUT2D eigenvalue weighted by atomic mass is 10.1. The van der Waals surface area contributed by atoms with Gasteiger partial charge in [-0.3, -0.25) is 4.79 Å². The molecule has 0 fully saturated rings. The van der Waals surface area contributed by atoms with Gasteiger partial charge >= 0.3 is 5.97 Å². The fourth-order valence-electron chi connectivity index (χ4n) is 2.12.